The van der Waals surface area contributed by atoms with Gasteiger partial charge in [-0.2, -0.15) is 0 Å². The van der Waals surface area contributed by atoms with Crippen LogP contribution in [0.5, 0.6) is 0 Å². The molecule has 3 N–H and O–H groups in total. The maximum atomic E-state index is 12.5. The van der Waals surface area contributed by atoms with Crippen LogP contribution < -0.4 is 5.32 Å². The Balaban J connectivity index is 3.43. The minimum Gasteiger partial charge on any atom is -0.466 e. The maximum absolute atomic E-state index is 12.5. The Morgan fingerprint density at radius 2 is 0.676 bits per heavy atom. The van der Waals surface area contributed by atoms with E-state index in [-0.39, 0.29) is 18.5 Å². The molecule has 0 heterocycles. The molecular weight excluding hydrogens is 875 g/mol. The quantitative estimate of drug-likeness (QED) is 0.0320. The number of aliphatic hydroxyl groups is 2. The summed E-state index contributed by atoms with van der Waals surface area (Å²) < 4.78 is 5.46. The molecule has 0 fully saturated rings. The lowest BCUT2D eigenvalue weighted by Gasteiger charge is -2.22. The number of amides is 1. The molecule has 0 aliphatic carbocycles. The van der Waals surface area contributed by atoms with Gasteiger partial charge in [0.2, 0.25) is 5.91 Å². The van der Waals surface area contributed by atoms with Gasteiger partial charge in [0.1, 0.15) is 0 Å². The van der Waals surface area contributed by atoms with E-state index in [1.54, 1.807) is 0 Å². The molecule has 0 saturated carbocycles. The number of ether oxygens (including phenoxy) is 1. The smallest absolute Gasteiger partial charge is 0.305 e. The van der Waals surface area contributed by atoms with Crippen molar-refractivity contribution in [1.29, 1.82) is 0 Å². The van der Waals surface area contributed by atoms with Crippen LogP contribution in [0.1, 0.15) is 354 Å². The van der Waals surface area contributed by atoms with Crippen LogP contribution in [0.15, 0.2) is 24.3 Å². The molecule has 0 saturated heterocycles. The third kappa shape index (κ3) is 57.5. The van der Waals surface area contributed by atoms with Crippen LogP contribution in [0.25, 0.3) is 0 Å². The fraction of sp³-hybridized carbons (Fsp3) is 0.908. The van der Waals surface area contributed by atoms with E-state index in [0.717, 1.165) is 44.9 Å². The van der Waals surface area contributed by atoms with Crippen molar-refractivity contribution in [2.45, 2.75) is 366 Å². The van der Waals surface area contributed by atoms with E-state index < -0.39 is 12.1 Å². The molecule has 0 aromatic rings. The van der Waals surface area contributed by atoms with Gasteiger partial charge < -0.3 is 20.3 Å². The second kappa shape index (κ2) is 60.9. The van der Waals surface area contributed by atoms with E-state index in [0.29, 0.717) is 25.9 Å². The molecule has 6 heteroatoms. The van der Waals surface area contributed by atoms with E-state index in [9.17, 15) is 19.8 Å². The van der Waals surface area contributed by atoms with E-state index in [4.69, 9.17) is 4.74 Å². The Kier molecular flexibility index (Phi) is 59.5. The van der Waals surface area contributed by atoms with Gasteiger partial charge in [-0.1, -0.05) is 295 Å². The van der Waals surface area contributed by atoms with E-state index in [2.05, 4.69) is 43.5 Å². The van der Waals surface area contributed by atoms with Gasteiger partial charge in [0.15, 0.2) is 0 Å². The van der Waals surface area contributed by atoms with E-state index in [1.807, 2.05) is 0 Å². The summed E-state index contributed by atoms with van der Waals surface area (Å²) in [4.78, 5) is 24.5. The average Bonchev–Trinajstić information content (AvgIpc) is 3.37. The topological polar surface area (TPSA) is 95.9 Å². The third-order valence-electron chi connectivity index (χ3n) is 15.0. The predicted molar refractivity (Wildman–Crippen MR) is 310 cm³/mol. The zero-order chi connectivity index (χ0) is 51.4. The molecule has 2 atom stereocenters. The van der Waals surface area contributed by atoms with Gasteiger partial charge in [0, 0.05) is 12.8 Å². The lowest BCUT2D eigenvalue weighted by Crippen LogP contribution is -2.45. The number of unbranched alkanes of at least 4 members (excludes halogenated alkanes) is 45. The Bertz CT molecular complexity index is 1110. The van der Waals surface area contributed by atoms with Crippen molar-refractivity contribution in [1.82, 2.24) is 5.32 Å². The van der Waals surface area contributed by atoms with Crippen molar-refractivity contribution in [3.05, 3.63) is 24.3 Å². The maximum Gasteiger partial charge on any atom is 0.305 e. The zero-order valence-electron chi connectivity index (χ0n) is 48.0. The molecule has 420 valence electrons. The number of nitrogens with one attached hydrogen (secondary N) is 1. The number of hydrogen-bond acceptors (Lipinski definition) is 5. The van der Waals surface area contributed by atoms with Gasteiger partial charge in [-0.3, -0.25) is 9.59 Å². The molecule has 71 heavy (non-hydrogen) atoms. The fourth-order valence-electron chi connectivity index (χ4n) is 10.0. The normalized spacial score (nSPS) is 12.7. The molecule has 0 aliphatic rings. The summed E-state index contributed by atoms with van der Waals surface area (Å²) in [5, 5.41) is 23.4. The standard InChI is InChI=1S/C65H125NO5/c1-3-5-7-9-11-13-15-16-17-18-19-22-25-28-31-34-38-41-45-49-53-57-63(68)62(61-67)66-64(69)58-54-50-46-42-39-35-32-29-26-23-20-21-24-27-30-33-36-40-44-48-52-56-60-71-65(70)59-55-51-47-43-37-14-12-10-8-6-4-2/h10,12,23,26,62-63,67-68H,3-9,11,13-22,24-25,27-61H2,1-2H3,(H,66,69)/b12-10-,26-23-. The summed E-state index contributed by atoms with van der Waals surface area (Å²) in [6.07, 6.45) is 74.8. The van der Waals surface area contributed by atoms with Crippen molar-refractivity contribution >= 4 is 11.9 Å². The zero-order valence-corrected chi connectivity index (χ0v) is 48.0. The minimum atomic E-state index is -0.669. The van der Waals surface area contributed by atoms with Gasteiger partial charge in [0.25, 0.3) is 0 Å². The van der Waals surface area contributed by atoms with E-state index >= 15 is 0 Å². The van der Waals surface area contributed by atoms with Crippen molar-refractivity contribution in [3.63, 3.8) is 0 Å². The van der Waals surface area contributed by atoms with Crippen LogP contribution in [0, 0.1) is 0 Å². The fourth-order valence-corrected chi connectivity index (χ4v) is 10.0. The van der Waals surface area contributed by atoms with Crippen LogP contribution >= 0.6 is 0 Å². The summed E-state index contributed by atoms with van der Waals surface area (Å²) in [5.41, 5.74) is 0. The van der Waals surface area contributed by atoms with Gasteiger partial charge in [-0.05, 0) is 70.6 Å². The summed E-state index contributed by atoms with van der Waals surface area (Å²) in [6, 6.07) is -0.547. The number of rotatable bonds is 60. The summed E-state index contributed by atoms with van der Waals surface area (Å²) in [6.45, 7) is 4.93. The highest BCUT2D eigenvalue weighted by molar-refractivity contribution is 5.76. The molecule has 0 rings (SSSR count). The van der Waals surface area contributed by atoms with Crippen LogP contribution in [0.4, 0.5) is 0 Å². The minimum absolute atomic E-state index is 0.000635. The molecule has 0 aromatic carbocycles. The highest BCUT2D eigenvalue weighted by Gasteiger charge is 2.20. The van der Waals surface area contributed by atoms with Crippen LogP contribution in [-0.2, 0) is 14.3 Å². The molecule has 0 aliphatic heterocycles. The van der Waals surface area contributed by atoms with Crippen molar-refractivity contribution in [2.75, 3.05) is 13.2 Å². The predicted octanol–water partition coefficient (Wildman–Crippen LogP) is 20.2. The molecule has 0 bridgehead atoms. The number of hydrogen-bond donors (Lipinski definition) is 3. The van der Waals surface area contributed by atoms with Crippen LogP contribution in [-0.4, -0.2) is 47.4 Å². The molecule has 0 radical (unpaired) electrons. The average molecular weight is 1000 g/mol. The summed E-state index contributed by atoms with van der Waals surface area (Å²) >= 11 is 0. The first-order valence-electron chi connectivity index (χ1n) is 32.1. The first-order chi connectivity index (χ1) is 35.0. The van der Waals surface area contributed by atoms with Crippen LogP contribution in [0.2, 0.25) is 0 Å². The number of esters is 1. The SMILES string of the molecule is CCCC/C=C\CCCCCCCC(=O)OCCCCCCCCCCCCC/C=C\CCCCCCCCCC(=O)NC(CO)C(O)CCCCCCCCCCCCCCCCCCCCCCC. The van der Waals surface area contributed by atoms with Crippen molar-refractivity contribution < 1.29 is 24.5 Å². The Morgan fingerprint density at radius 3 is 1.04 bits per heavy atom. The Labute approximate surface area is 443 Å². The van der Waals surface area contributed by atoms with E-state index in [1.165, 1.54) is 276 Å². The van der Waals surface area contributed by atoms with Gasteiger partial charge in [0.05, 0.1) is 25.4 Å². The van der Waals surface area contributed by atoms with Crippen LogP contribution in [0.3, 0.4) is 0 Å². The summed E-state index contributed by atoms with van der Waals surface area (Å²) in [7, 11) is 0. The van der Waals surface area contributed by atoms with Gasteiger partial charge in [-0.25, -0.2) is 0 Å². The first kappa shape index (κ1) is 69.3. The number of carbonyl (C=O) groups is 2. The largest absolute Gasteiger partial charge is 0.466 e. The molecule has 1 amide bonds. The number of allylic oxidation sites excluding steroid dienone is 4. The van der Waals surface area contributed by atoms with Crippen molar-refractivity contribution in [2.24, 2.45) is 0 Å². The molecule has 2 unspecified atom stereocenters. The van der Waals surface area contributed by atoms with Crippen molar-refractivity contribution in [3.8, 4) is 0 Å². The number of aliphatic hydroxyl groups excluding tert-OH is 2. The molecule has 0 spiro atoms. The monoisotopic (exact) mass is 1000 g/mol. The molecule has 0 aromatic heterocycles. The highest BCUT2D eigenvalue weighted by atomic mass is 16.5. The number of carbonyl (C=O) groups excluding carboxylic acids is 2. The second-order valence-electron chi connectivity index (χ2n) is 22.1. The third-order valence-corrected chi connectivity index (χ3v) is 15.0. The highest BCUT2D eigenvalue weighted by Crippen LogP contribution is 2.18. The Hall–Kier alpha value is -1.66. The summed E-state index contributed by atoms with van der Waals surface area (Å²) in [5.74, 6) is -0.0392. The molecule has 6 nitrogen and oxygen atoms in total. The lowest BCUT2D eigenvalue weighted by atomic mass is 10.0. The van der Waals surface area contributed by atoms with Gasteiger partial charge in [-0.15, -0.1) is 0 Å². The van der Waals surface area contributed by atoms with Gasteiger partial charge >= 0.3 is 5.97 Å². The Morgan fingerprint density at radius 1 is 0.380 bits per heavy atom. The second-order valence-corrected chi connectivity index (χ2v) is 22.1. The lowest BCUT2D eigenvalue weighted by molar-refractivity contribution is -0.143. The first-order valence-corrected chi connectivity index (χ1v) is 32.1. The molecular formula is C65H125NO5.